The number of amidine groups is 1. The Balaban J connectivity index is 1.54. The molecule has 5 nitrogen and oxygen atoms in total. The molecule has 0 unspecified atom stereocenters. The standard InChI is InChI=1S/C19H23N3O2S/c1-12-4-3-5-16-18(12)21-17(22-19(16)24)11-25-15-8-6-14(7-9-15)10-20-13(2)23/h3-5,14-15H,1,6-11H2,2H3,(H,20,23). The fourth-order valence-electron chi connectivity index (χ4n) is 3.28. The van der Waals surface area contributed by atoms with Crippen LogP contribution in [0, 0.1) is 5.92 Å². The molecule has 1 aromatic rings. The number of benzene rings is 1. The van der Waals surface area contributed by atoms with Gasteiger partial charge in [-0.1, -0.05) is 18.7 Å². The second-order valence-electron chi connectivity index (χ2n) is 6.65. The number of hydrogen-bond acceptors (Lipinski definition) is 4. The largest absolute Gasteiger partial charge is 0.356 e. The van der Waals surface area contributed by atoms with Crippen molar-refractivity contribution in [2.24, 2.45) is 15.9 Å². The van der Waals surface area contributed by atoms with Crippen LogP contribution in [0.15, 0.2) is 28.2 Å². The van der Waals surface area contributed by atoms with Crippen molar-refractivity contribution in [3.63, 3.8) is 0 Å². The molecule has 0 spiro atoms. The fourth-order valence-corrected chi connectivity index (χ4v) is 4.39. The summed E-state index contributed by atoms with van der Waals surface area (Å²) in [5.41, 5.74) is 0.541. The maximum absolute atomic E-state index is 12.2. The monoisotopic (exact) mass is 357 g/mol. The van der Waals surface area contributed by atoms with Gasteiger partial charge >= 0.3 is 0 Å². The van der Waals surface area contributed by atoms with Crippen molar-refractivity contribution >= 4 is 36.0 Å². The molecule has 1 fully saturated rings. The van der Waals surface area contributed by atoms with E-state index in [4.69, 9.17) is 0 Å². The molecular formula is C19H23N3O2S. The minimum Gasteiger partial charge on any atom is -0.356 e. The first-order valence-electron chi connectivity index (χ1n) is 8.67. The molecule has 25 heavy (non-hydrogen) atoms. The zero-order valence-electron chi connectivity index (χ0n) is 14.5. The zero-order valence-corrected chi connectivity index (χ0v) is 15.3. The number of nitrogens with zero attached hydrogens (tertiary/aromatic N) is 2. The first-order valence-corrected chi connectivity index (χ1v) is 9.72. The van der Waals surface area contributed by atoms with E-state index in [0.717, 1.165) is 37.4 Å². The van der Waals surface area contributed by atoms with Crippen molar-refractivity contribution in [3.8, 4) is 0 Å². The lowest BCUT2D eigenvalue weighted by molar-refractivity contribution is -0.119. The van der Waals surface area contributed by atoms with E-state index in [1.807, 2.05) is 23.9 Å². The Hall–Kier alpha value is -1.95. The lowest BCUT2D eigenvalue weighted by Gasteiger charge is -2.28. The minimum atomic E-state index is -0.217. The smallest absolute Gasteiger partial charge is 0.280 e. The third-order valence-electron chi connectivity index (χ3n) is 4.70. The summed E-state index contributed by atoms with van der Waals surface area (Å²) >= 11 is 1.83. The van der Waals surface area contributed by atoms with E-state index in [1.54, 1.807) is 13.0 Å². The average Bonchev–Trinajstić information content (AvgIpc) is 2.60. The van der Waals surface area contributed by atoms with Gasteiger partial charge in [0.1, 0.15) is 5.84 Å². The second kappa shape index (κ2) is 7.95. The van der Waals surface area contributed by atoms with E-state index in [1.165, 1.54) is 0 Å². The summed E-state index contributed by atoms with van der Waals surface area (Å²) < 4.78 is 0. The first kappa shape index (κ1) is 17.9. The van der Waals surface area contributed by atoms with Gasteiger partial charge in [-0.05, 0) is 42.9 Å². The first-order chi connectivity index (χ1) is 12.0. The van der Waals surface area contributed by atoms with Crippen molar-refractivity contribution in [1.29, 1.82) is 0 Å². The normalized spacial score (nSPS) is 22.6. The second-order valence-corrected chi connectivity index (χ2v) is 7.94. The lowest BCUT2D eigenvalue weighted by Crippen LogP contribution is -2.34. The number of hydrogen-bond donors (Lipinski definition) is 1. The third-order valence-corrected chi connectivity index (χ3v) is 6.07. The molecule has 0 aromatic heterocycles. The molecule has 1 N–H and O–H groups in total. The molecule has 3 rings (SSSR count). The van der Waals surface area contributed by atoms with Crippen LogP contribution >= 0.6 is 11.8 Å². The highest BCUT2D eigenvalue weighted by molar-refractivity contribution is 8.00. The Labute approximate surface area is 151 Å². The molecule has 2 aliphatic rings. The zero-order chi connectivity index (χ0) is 17.8. The third kappa shape index (κ3) is 4.57. The summed E-state index contributed by atoms with van der Waals surface area (Å²) in [7, 11) is 0. The van der Waals surface area contributed by atoms with Crippen molar-refractivity contribution in [3.05, 3.63) is 34.3 Å². The van der Waals surface area contributed by atoms with E-state index in [2.05, 4.69) is 21.9 Å². The Kier molecular flexibility index (Phi) is 5.68. The van der Waals surface area contributed by atoms with Crippen LogP contribution in [0.4, 0.5) is 0 Å². The number of amides is 2. The molecular weight excluding hydrogens is 334 g/mol. The summed E-state index contributed by atoms with van der Waals surface area (Å²) in [6, 6.07) is 5.42. The molecule has 0 atom stereocenters. The van der Waals surface area contributed by atoms with Gasteiger partial charge in [0, 0.05) is 18.7 Å². The lowest BCUT2D eigenvalue weighted by atomic mass is 9.89. The maximum atomic E-state index is 12.2. The van der Waals surface area contributed by atoms with Gasteiger partial charge in [-0.3, -0.25) is 9.59 Å². The van der Waals surface area contributed by atoms with Crippen molar-refractivity contribution in [2.45, 2.75) is 37.9 Å². The average molecular weight is 357 g/mol. The van der Waals surface area contributed by atoms with Crippen LogP contribution < -0.4 is 15.9 Å². The van der Waals surface area contributed by atoms with Crippen LogP contribution in [0.2, 0.25) is 0 Å². The molecule has 2 amide bonds. The Morgan fingerprint density at radius 3 is 2.76 bits per heavy atom. The molecule has 0 bridgehead atoms. The Morgan fingerprint density at radius 2 is 2.04 bits per heavy atom. The van der Waals surface area contributed by atoms with Crippen LogP contribution in [0.25, 0.3) is 6.58 Å². The molecule has 6 heteroatoms. The summed E-state index contributed by atoms with van der Waals surface area (Å²) in [6.07, 6.45) is 4.53. The topological polar surface area (TPSA) is 70.9 Å². The van der Waals surface area contributed by atoms with E-state index in [-0.39, 0.29) is 11.8 Å². The van der Waals surface area contributed by atoms with E-state index in [9.17, 15) is 9.59 Å². The van der Waals surface area contributed by atoms with Gasteiger partial charge in [0.25, 0.3) is 5.91 Å². The molecule has 0 saturated heterocycles. The Morgan fingerprint density at radius 1 is 1.28 bits per heavy atom. The highest BCUT2D eigenvalue weighted by atomic mass is 32.2. The van der Waals surface area contributed by atoms with Gasteiger partial charge in [-0.15, -0.1) is 0 Å². The molecule has 1 aliphatic carbocycles. The minimum absolute atomic E-state index is 0.0446. The molecule has 1 heterocycles. The van der Waals surface area contributed by atoms with Crippen LogP contribution in [0.5, 0.6) is 0 Å². The van der Waals surface area contributed by atoms with Gasteiger partial charge in [-0.2, -0.15) is 16.8 Å². The van der Waals surface area contributed by atoms with Gasteiger partial charge in [-0.25, -0.2) is 4.99 Å². The van der Waals surface area contributed by atoms with Crippen molar-refractivity contribution in [1.82, 2.24) is 5.32 Å². The number of carbonyl (C=O) groups excluding carboxylic acids is 2. The quantitative estimate of drug-likeness (QED) is 0.872. The SMILES string of the molecule is C=c1cccc2c1=NC(CSC1CCC(CNC(C)=O)CC1)=NC2=O. The molecule has 132 valence electrons. The predicted octanol–water partition coefficient (Wildman–Crippen LogP) is 1.70. The summed E-state index contributed by atoms with van der Waals surface area (Å²) in [5, 5.41) is 4.91. The van der Waals surface area contributed by atoms with Crippen molar-refractivity contribution in [2.75, 3.05) is 12.3 Å². The predicted molar refractivity (Wildman–Crippen MR) is 101 cm³/mol. The van der Waals surface area contributed by atoms with E-state index in [0.29, 0.717) is 33.7 Å². The van der Waals surface area contributed by atoms with Gasteiger partial charge in [0.05, 0.1) is 16.7 Å². The Bertz CT molecular complexity index is 810. The number of nitrogens with one attached hydrogen (secondary N) is 1. The number of rotatable bonds is 5. The van der Waals surface area contributed by atoms with Crippen LogP contribution in [0.1, 0.15) is 43.0 Å². The maximum Gasteiger partial charge on any atom is 0.280 e. The number of aliphatic imine (C=N–C) groups is 1. The van der Waals surface area contributed by atoms with Gasteiger partial charge in [0.15, 0.2) is 0 Å². The van der Waals surface area contributed by atoms with Gasteiger partial charge < -0.3 is 5.32 Å². The highest BCUT2D eigenvalue weighted by Gasteiger charge is 2.23. The number of fused-ring (bicyclic) bond motifs is 1. The molecule has 1 aromatic carbocycles. The van der Waals surface area contributed by atoms with Crippen LogP contribution in [-0.4, -0.2) is 35.2 Å². The number of carbonyl (C=O) groups is 2. The van der Waals surface area contributed by atoms with E-state index >= 15 is 0 Å². The summed E-state index contributed by atoms with van der Waals surface area (Å²) in [5.74, 6) is 1.66. The summed E-state index contributed by atoms with van der Waals surface area (Å²) in [6.45, 7) is 6.30. The van der Waals surface area contributed by atoms with Crippen LogP contribution in [-0.2, 0) is 4.79 Å². The number of para-hydroxylation sites is 1. The van der Waals surface area contributed by atoms with Crippen LogP contribution in [0.3, 0.4) is 0 Å². The number of thioether (sulfide) groups is 1. The fraction of sp³-hybridized carbons (Fsp3) is 0.474. The molecule has 1 aliphatic heterocycles. The highest BCUT2D eigenvalue weighted by Crippen LogP contribution is 2.31. The molecule has 0 radical (unpaired) electrons. The van der Waals surface area contributed by atoms with Crippen molar-refractivity contribution < 1.29 is 9.59 Å². The van der Waals surface area contributed by atoms with E-state index < -0.39 is 0 Å². The molecule has 1 saturated carbocycles. The van der Waals surface area contributed by atoms with Gasteiger partial charge in [0.2, 0.25) is 5.91 Å². The summed E-state index contributed by atoms with van der Waals surface area (Å²) in [4.78, 5) is 31.8.